The van der Waals surface area contributed by atoms with E-state index in [1.807, 2.05) is 18.2 Å². The Labute approximate surface area is 129 Å². The fourth-order valence-electron chi connectivity index (χ4n) is 3.30. The average Bonchev–Trinajstić information content (AvgIpc) is 2.38. The van der Waals surface area contributed by atoms with E-state index >= 15 is 0 Å². The van der Waals surface area contributed by atoms with Crippen LogP contribution < -0.4 is 5.32 Å². The molecule has 2 rings (SSSR count). The van der Waals surface area contributed by atoms with Crippen molar-refractivity contribution in [3.05, 3.63) is 34.9 Å². The van der Waals surface area contributed by atoms with Gasteiger partial charge in [-0.3, -0.25) is 0 Å². The van der Waals surface area contributed by atoms with Gasteiger partial charge in [-0.1, -0.05) is 44.5 Å². The van der Waals surface area contributed by atoms with Crippen molar-refractivity contribution in [3.8, 4) is 0 Å². The summed E-state index contributed by atoms with van der Waals surface area (Å²) in [6.07, 6.45) is 5.55. The first-order valence-corrected chi connectivity index (χ1v) is 8.28. The molecule has 0 amide bonds. The monoisotopic (exact) mass is 293 g/mol. The van der Waals surface area contributed by atoms with Gasteiger partial charge in [-0.05, 0) is 67.2 Å². The minimum Gasteiger partial charge on any atom is -0.312 e. The van der Waals surface area contributed by atoms with Crippen LogP contribution in [0.4, 0.5) is 0 Å². The van der Waals surface area contributed by atoms with E-state index in [0.29, 0.717) is 5.41 Å². The molecular weight excluding hydrogens is 266 g/mol. The molecule has 1 aromatic carbocycles. The molecular formula is C18H28ClN. The van der Waals surface area contributed by atoms with E-state index < -0.39 is 0 Å². The third kappa shape index (κ3) is 4.79. The van der Waals surface area contributed by atoms with Crippen molar-refractivity contribution in [2.75, 3.05) is 6.54 Å². The van der Waals surface area contributed by atoms with Crippen molar-refractivity contribution in [2.45, 2.75) is 53.0 Å². The van der Waals surface area contributed by atoms with Gasteiger partial charge in [-0.2, -0.15) is 0 Å². The molecule has 0 radical (unpaired) electrons. The van der Waals surface area contributed by atoms with Gasteiger partial charge >= 0.3 is 0 Å². The van der Waals surface area contributed by atoms with Crippen LogP contribution in [-0.2, 0) is 6.54 Å². The highest BCUT2D eigenvalue weighted by Crippen LogP contribution is 2.39. The fraction of sp³-hybridized carbons (Fsp3) is 0.667. The summed E-state index contributed by atoms with van der Waals surface area (Å²) < 4.78 is 0. The summed E-state index contributed by atoms with van der Waals surface area (Å²) in [6, 6.07) is 8.13. The molecule has 1 fully saturated rings. The van der Waals surface area contributed by atoms with Gasteiger partial charge in [0, 0.05) is 11.6 Å². The van der Waals surface area contributed by atoms with Crippen molar-refractivity contribution in [3.63, 3.8) is 0 Å². The lowest BCUT2D eigenvalue weighted by atomic mass is 9.70. The zero-order valence-corrected chi connectivity index (χ0v) is 13.8. The molecule has 1 aliphatic rings. The van der Waals surface area contributed by atoms with Crippen LogP contribution in [-0.4, -0.2) is 6.54 Å². The van der Waals surface area contributed by atoms with Gasteiger partial charge in [-0.15, -0.1) is 0 Å². The quantitative estimate of drug-likeness (QED) is 0.796. The lowest BCUT2D eigenvalue weighted by molar-refractivity contribution is 0.149. The summed E-state index contributed by atoms with van der Waals surface area (Å²) in [5.41, 5.74) is 1.76. The number of rotatable bonds is 4. The second kappa shape index (κ2) is 6.95. The lowest BCUT2D eigenvalue weighted by Gasteiger charge is -2.37. The SMILES string of the molecule is CC(C)(C)C1CCC(CNCc2cccc(Cl)c2)CC1. The van der Waals surface area contributed by atoms with Gasteiger partial charge in [0.15, 0.2) is 0 Å². The second-order valence-electron chi connectivity index (χ2n) is 7.34. The van der Waals surface area contributed by atoms with Gasteiger partial charge in [0.05, 0.1) is 0 Å². The normalized spacial score (nSPS) is 23.8. The maximum absolute atomic E-state index is 6.00. The number of nitrogens with one attached hydrogen (secondary N) is 1. The minimum atomic E-state index is 0.485. The van der Waals surface area contributed by atoms with E-state index in [-0.39, 0.29) is 0 Å². The number of hydrogen-bond acceptors (Lipinski definition) is 1. The fourth-order valence-corrected chi connectivity index (χ4v) is 3.51. The van der Waals surface area contributed by atoms with Crippen LogP contribution in [0.15, 0.2) is 24.3 Å². The van der Waals surface area contributed by atoms with E-state index in [9.17, 15) is 0 Å². The Bertz CT molecular complexity index is 414. The Kier molecular flexibility index (Phi) is 5.51. The second-order valence-corrected chi connectivity index (χ2v) is 7.78. The van der Waals surface area contributed by atoms with Crippen molar-refractivity contribution in [1.29, 1.82) is 0 Å². The largest absolute Gasteiger partial charge is 0.312 e. The summed E-state index contributed by atoms with van der Waals surface area (Å²) in [5, 5.41) is 4.42. The molecule has 1 saturated carbocycles. The summed E-state index contributed by atoms with van der Waals surface area (Å²) in [4.78, 5) is 0. The molecule has 20 heavy (non-hydrogen) atoms. The van der Waals surface area contributed by atoms with Crippen LogP contribution in [0, 0.1) is 17.3 Å². The predicted molar refractivity (Wildman–Crippen MR) is 88.1 cm³/mol. The van der Waals surface area contributed by atoms with E-state index in [2.05, 4.69) is 32.2 Å². The van der Waals surface area contributed by atoms with Gasteiger partial charge in [0.25, 0.3) is 0 Å². The Morgan fingerprint density at radius 2 is 1.85 bits per heavy atom. The molecule has 0 aliphatic heterocycles. The Hall–Kier alpha value is -0.530. The Morgan fingerprint density at radius 3 is 2.45 bits per heavy atom. The highest BCUT2D eigenvalue weighted by Gasteiger charge is 2.29. The summed E-state index contributed by atoms with van der Waals surface area (Å²) in [6.45, 7) is 9.23. The minimum absolute atomic E-state index is 0.485. The van der Waals surface area contributed by atoms with Crippen molar-refractivity contribution in [1.82, 2.24) is 5.32 Å². The topological polar surface area (TPSA) is 12.0 Å². The predicted octanol–water partition coefficient (Wildman–Crippen LogP) is 5.28. The molecule has 112 valence electrons. The molecule has 1 aromatic rings. The highest BCUT2D eigenvalue weighted by molar-refractivity contribution is 6.30. The molecule has 0 bridgehead atoms. The number of halogens is 1. The standard InChI is InChI=1S/C18H28ClN/c1-18(2,3)16-9-7-14(8-10-16)12-20-13-15-5-4-6-17(19)11-15/h4-6,11,14,16,20H,7-10,12-13H2,1-3H3. The van der Waals surface area contributed by atoms with Crippen LogP contribution in [0.25, 0.3) is 0 Å². The molecule has 1 aliphatic carbocycles. The molecule has 0 atom stereocenters. The Balaban J connectivity index is 1.69. The van der Waals surface area contributed by atoms with E-state index in [1.54, 1.807) is 0 Å². The van der Waals surface area contributed by atoms with Crippen LogP contribution in [0.1, 0.15) is 52.0 Å². The molecule has 0 spiro atoms. The first-order valence-electron chi connectivity index (χ1n) is 7.90. The Morgan fingerprint density at radius 1 is 1.15 bits per heavy atom. The molecule has 0 unspecified atom stereocenters. The third-order valence-electron chi connectivity index (χ3n) is 4.72. The van der Waals surface area contributed by atoms with Gasteiger partial charge in [-0.25, -0.2) is 0 Å². The number of hydrogen-bond donors (Lipinski definition) is 1. The van der Waals surface area contributed by atoms with Gasteiger partial charge in [0.2, 0.25) is 0 Å². The van der Waals surface area contributed by atoms with Crippen LogP contribution >= 0.6 is 11.6 Å². The maximum atomic E-state index is 6.00. The average molecular weight is 294 g/mol. The third-order valence-corrected chi connectivity index (χ3v) is 4.96. The zero-order chi connectivity index (χ0) is 14.6. The molecule has 0 heterocycles. The maximum Gasteiger partial charge on any atom is 0.0409 e. The molecule has 1 N–H and O–H groups in total. The summed E-state index contributed by atoms with van der Waals surface area (Å²) >= 11 is 6.00. The summed E-state index contributed by atoms with van der Waals surface area (Å²) in [7, 11) is 0. The van der Waals surface area contributed by atoms with Gasteiger partial charge < -0.3 is 5.32 Å². The lowest BCUT2D eigenvalue weighted by Crippen LogP contribution is -2.30. The van der Waals surface area contributed by atoms with E-state index in [4.69, 9.17) is 11.6 Å². The molecule has 0 saturated heterocycles. The van der Waals surface area contributed by atoms with Crippen LogP contribution in [0.2, 0.25) is 5.02 Å². The van der Waals surface area contributed by atoms with Crippen LogP contribution in [0.3, 0.4) is 0 Å². The van der Waals surface area contributed by atoms with E-state index in [0.717, 1.165) is 29.9 Å². The first-order chi connectivity index (χ1) is 9.45. The highest BCUT2D eigenvalue weighted by atomic mass is 35.5. The molecule has 0 aromatic heterocycles. The van der Waals surface area contributed by atoms with Gasteiger partial charge in [0.1, 0.15) is 0 Å². The van der Waals surface area contributed by atoms with E-state index in [1.165, 1.54) is 31.2 Å². The van der Waals surface area contributed by atoms with Crippen molar-refractivity contribution in [2.24, 2.45) is 17.3 Å². The molecule has 2 heteroatoms. The first kappa shape index (κ1) is 15.9. The summed E-state index contributed by atoms with van der Waals surface area (Å²) in [5.74, 6) is 1.76. The number of benzene rings is 1. The smallest absolute Gasteiger partial charge is 0.0409 e. The van der Waals surface area contributed by atoms with Crippen molar-refractivity contribution < 1.29 is 0 Å². The van der Waals surface area contributed by atoms with Crippen molar-refractivity contribution >= 4 is 11.6 Å². The molecule has 1 nitrogen and oxygen atoms in total. The zero-order valence-electron chi connectivity index (χ0n) is 13.1. The van der Waals surface area contributed by atoms with Crippen LogP contribution in [0.5, 0.6) is 0 Å².